The molecular weight excluding hydrogens is 445 g/mol. The Kier molecular flexibility index (Phi) is 11.2. The van der Waals surface area contributed by atoms with E-state index in [2.05, 4.69) is 25.9 Å². The van der Waals surface area contributed by atoms with Gasteiger partial charge in [-0.25, -0.2) is 4.98 Å². The van der Waals surface area contributed by atoms with Gasteiger partial charge in [-0.2, -0.15) is 0 Å². The Balaban J connectivity index is 0.00000338. The summed E-state index contributed by atoms with van der Waals surface area (Å²) in [5.74, 6) is 2.01. The summed E-state index contributed by atoms with van der Waals surface area (Å²) in [4.78, 5) is 20.3. The quantitative estimate of drug-likeness (QED) is 0.209. The highest BCUT2D eigenvalue weighted by Crippen LogP contribution is 2.28. The molecule has 0 atom stereocenters. The number of carbonyl (C=O) groups is 1. The molecule has 1 aromatic rings. The van der Waals surface area contributed by atoms with Gasteiger partial charge in [-0.05, 0) is 44.2 Å². The van der Waals surface area contributed by atoms with Crippen molar-refractivity contribution in [3.63, 3.8) is 0 Å². The zero-order valence-corrected chi connectivity index (χ0v) is 17.9. The first kappa shape index (κ1) is 22.6. The highest BCUT2D eigenvalue weighted by Gasteiger charge is 2.20. The molecule has 1 fully saturated rings. The van der Waals surface area contributed by atoms with Gasteiger partial charge in [-0.3, -0.25) is 9.79 Å². The first-order chi connectivity index (χ1) is 12.2. The molecule has 0 bridgehead atoms. The van der Waals surface area contributed by atoms with Crippen LogP contribution in [0.1, 0.15) is 31.4 Å². The van der Waals surface area contributed by atoms with E-state index in [9.17, 15) is 4.79 Å². The molecule has 1 heterocycles. The van der Waals surface area contributed by atoms with Crippen LogP contribution in [0.2, 0.25) is 0 Å². The minimum Gasteiger partial charge on any atom is -0.381 e. The molecule has 1 amide bonds. The minimum atomic E-state index is -0.0745. The number of aryl methyl sites for hydroxylation is 1. The molecule has 0 radical (unpaired) electrons. The van der Waals surface area contributed by atoms with Gasteiger partial charge in [0.25, 0.3) is 0 Å². The second-order valence-electron chi connectivity index (χ2n) is 6.26. The second-order valence-corrected chi connectivity index (χ2v) is 6.26. The molecule has 0 aromatic carbocycles. The fourth-order valence-corrected chi connectivity index (χ4v) is 2.25. The monoisotopic (exact) mass is 475 g/mol. The van der Waals surface area contributed by atoms with Crippen LogP contribution in [-0.4, -0.2) is 50.2 Å². The van der Waals surface area contributed by atoms with E-state index in [1.165, 1.54) is 12.8 Å². The predicted octanol–water partition coefficient (Wildman–Crippen LogP) is 2.32. The van der Waals surface area contributed by atoms with Gasteiger partial charge >= 0.3 is 0 Å². The lowest BCUT2D eigenvalue weighted by atomic mass is 10.3. The van der Waals surface area contributed by atoms with Crippen LogP contribution in [0.25, 0.3) is 0 Å². The number of aromatic nitrogens is 1. The third kappa shape index (κ3) is 9.91. The SMILES string of the molecule is CN=C(NCCCOCC1CC1)NCCC(=O)Nc1cccc(C)n1.I. The Hall–Kier alpha value is -1.42. The normalized spacial score (nSPS) is 13.7. The number of guanidine groups is 1. The number of aliphatic imine (C=N–C) groups is 1. The van der Waals surface area contributed by atoms with Crippen molar-refractivity contribution in [1.82, 2.24) is 15.6 Å². The number of pyridine rings is 1. The number of amides is 1. The van der Waals surface area contributed by atoms with Gasteiger partial charge in [0.2, 0.25) is 5.91 Å². The number of anilines is 1. The van der Waals surface area contributed by atoms with E-state index in [-0.39, 0.29) is 29.9 Å². The van der Waals surface area contributed by atoms with E-state index in [1.54, 1.807) is 13.1 Å². The van der Waals surface area contributed by atoms with E-state index in [0.29, 0.717) is 24.7 Å². The zero-order valence-electron chi connectivity index (χ0n) is 15.6. The summed E-state index contributed by atoms with van der Waals surface area (Å²) in [6, 6.07) is 5.55. The van der Waals surface area contributed by atoms with Gasteiger partial charge in [0.05, 0.1) is 0 Å². The van der Waals surface area contributed by atoms with Gasteiger partial charge in [-0.1, -0.05) is 6.07 Å². The van der Waals surface area contributed by atoms with E-state index >= 15 is 0 Å². The van der Waals surface area contributed by atoms with Crippen LogP contribution < -0.4 is 16.0 Å². The number of halogens is 1. The Bertz CT molecular complexity index is 578. The maximum atomic E-state index is 11.9. The van der Waals surface area contributed by atoms with Gasteiger partial charge in [0.1, 0.15) is 5.82 Å². The standard InChI is InChI=1S/C18H29N5O2.HI/c1-14-5-3-6-16(22-14)23-17(24)9-11-21-18(19-2)20-10-4-12-25-13-15-7-8-15;/h3,5-6,15H,4,7-13H2,1-2H3,(H2,19,20,21)(H,22,23,24);1H. The van der Waals surface area contributed by atoms with Crippen LogP contribution in [0.3, 0.4) is 0 Å². The summed E-state index contributed by atoms with van der Waals surface area (Å²) in [6.07, 6.45) is 3.93. The highest BCUT2D eigenvalue weighted by molar-refractivity contribution is 14.0. The summed E-state index contributed by atoms with van der Waals surface area (Å²) < 4.78 is 5.59. The maximum Gasteiger partial charge on any atom is 0.227 e. The van der Waals surface area contributed by atoms with E-state index in [4.69, 9.17) is 4.74 Å². The zero-order chi connectivity index (χ0) is 17.9. The fourth-order valence-electron chi connectivity index (χ4n) is 2.25. The Labute approximate surface area is 172 Å². The van der Waals surface area contributed by atoms with Crippen LogP contribution in [-0.2, 0) is 9.53 Å². The lowest BCUT2D eigenvalue weighted by Gasteiger charge is -2.12. The van der Waals surface area contributed by atoms with Gasteiger partial charge < -0.3 is 20.7 Å². The molecule has 26 heavy (non-hydrogen) atoms. The molecule has 3 N–H and O–H groups in total. The smallest absolute Gasteiger partial charge is 0.227 e. The molecule has 146 valence electrons. The van der Waals surface area contributed by atoms with Crippen molar-refractivity contribution in [1.29, 1.82) is 0 Å². The number of ether oxygens (including phenoxy) is 1. The highest BCUT2D eigenvalue weighted by atomic mass is 127. The van der Waals surface area contributed by atoms with E-state index in [1.807, 2.05) is 19.1 Å². The Morgan fingerprint density at radius 1 is 1.31 bits per heavy atom. The summed E-state index contributed by atoms with van der Waals surface area (Å²) in [5, 5.41) is 9.14. The van der Waals surface area contributed by atoms with Crippen LogP contribution in [0.15, 0.2) is 23.2 Å². The predicted molar refractivity (Wildman–Crippen MR) is 115 cm³/mol. The van der Waals surface area contributed by atoms with Crippen molar-refractivity contribution in [2.75, 3.05) is 38.7 Å². The Morgan fingerprint density at radius 3 is 2.77 bits per heavy atom. The number of nitrogens with one attached hydrogen (secondary N) is 3. The molecule has 0 saturated heterocycles. The summed E-state index contributed by atoms with van der Waals surface area (Å²) in [6.45, 7) is 4.87. The first-order valence-corrected chi connectivity index (χ1v) is 8.93. The number of hydrogen-bond acceptors (Lipinski definition) is 4. The minimum absolute atomic E-state index is 0. The van der Waals surface area contributed by atoms with Crippen molar-refractivity contribution in [2.45, 2.75) is 32.6 Å². The molecule has 1 aliphatic rings. The fraction of sp³-hybridized carbons (Fsp3) is 0.611. The maximum absolute atomic E-state index is 11.9. The van der Waals surface area contributed by atoms with Crippen molar-refractivity contribution < 1.29 is 9.53 Å². The molecule has 7 nitrogen and oxygen atoms in total. The molecule has 1 aliphatic carbocycles. The lowest BCUT2D eigenvalue weighted by Crippen LogP contribution is -2.39. The van der Waals surface area contributed by atoms with Crippen LogP contribution in [0, 0.1) is 12.8 Å². The molecule has 8 heteroatoms. The lowest BCUT2D eigenvalue weighted by molar-refractivity contribution is -0.116. The molecule has 0 aliphatic heterocycles. The number of hydrogen-bond donors (Lipinski definition) is 3. The second kappa shape index (κ2) is 12.9. The summed E-state index contributed by atoms with van der Waals surface area (Å²) in [5.41, 5.74) is 0.877. The molecule has 2 rings (SSSR count). The van der Waals surface area contributed by atoms with E-state index in [0.717, 1.165) is 37.8 Å². The topological polar surface area (TPSA) is 87.6 Å². The van der Waals surface area contributed by atoms with Gasteiger partial charge in [0, 0.05) is 45.5 Å². The summed E-state index contributed by atoms with van der Waals surface area (Å²) >= 11 is 0. The average molecular weight is 475 g/mol. The van der Waals surface area contributed by atoms with Crippen LogP contribution in [0.5, 0.6) is 0 Å². The Morgan fingerprint density at radius 2 is 2.08 bits per heavy atom. The van der Waals surface area contributed by atoms with Crippen molar-refractivity contribution in [3.05, 3.63) is 23.9 Å². The third-order valence-electron chi connectivity index (χ3n) is 3.83. The van der Waals surface area contributed by atoms with Crippen molar-refractivity contribution in [2.24, 2.45) is 10.9 Å². The largest absolute Gasteiger partial charge is 0.381 e. The van der Waals surface area contributed by atoms with Crippen molar-refractivity contribution >= 4 is 41.7 Å². The summed E-state index contributed by atoms with van der Waals surface area (Å²) in [7, 11) is 1.72. The molecule has 0 unspecified atom stereocenters. The van der Waals surface area contributed by atoms with E-state index < -0.39 is 0 Å². The molecule has 1 saturated carbocycles. The molecular formula is C18H30IN5O2. The van der Waals surface area contributed by atoms with Crippen molar-refractivity contribution in [3.8, 4) is 0 Å². The van der Waals surface area contributed by atoms with Crippen LogP contribution in [0.4, 0.5) is 5.82 Å². The van der Waals surface area contributed by atoms with Crippen LogP contribution >= 0.6 is 24.0 Å². The van der Waals surface area contributed by atoms with Gasteiger partial charge in [-0.15, -0.1) is 24.0 Å². The average Bonchev–Trinajstić information content (AvgIpc) is 3.40. The number of nitrogens with zero attached hydrogens (tertiary/aromatic N) is 2. The first-order valence-electron chi connectivity index (χ1n) is 8.93. The molecule has 1 aromatic heterocycles. The molecule has 0 spiro atoms. The number of carbonyl (C=O) groups excluding carboxylic acids is 1. The number of rotatable bonds is 10. The van der Waals surface area contributed by atoms with Gasteiger partial charge in [0.15, 0.2) is 5.96 Å². The third-order valence-corrected chi connectivity index (χ3v) is 3.83.